The van der Waals surface area contributed by atoms with Crippen LogP contribution in [0, 0.1) is 5.92 Å². The third-order valence-corrected chi connectivity index (χ3v) is 4.58. The van der Waals surface area contributed by atoms with Crippen molar-refractivity contribution in [3.8, 4) is 0 Å². The number of fused-ring (bicyclic) bond motifs is 1. The van der Waals surface area contributed by atoms with Crippen molar-refractivity contribution < 1.29 is 9.90 Å². The molecule has 0 aromatic heterocycles. The van der Waals surface area contributed by atoms with E-state index in [4.69, 9.17) is 0 Å². The predicted octanol–water partition coefficient (Wildman–Crippen LogP) is 1.66. The van der Waals surface area contributed by atoms with Crippen molar-refractivity contribution in [2.45, 2.75) is 12.8 Å². The van der Waals surface area contributed by atoms with E-state index in [-0.39, 0.29) is 24.6 Å². The topological polar surface area (TPSA) is 64.6 Å². The number of anilines is 1. The molecule has 2 aliphatic heterocycles. The van der Waals surface area contributed by atoms with E-state index in [2.05, 4.69) is 15.5 Å². The molecule has 1 fully saturated rings. The Balaban J connectivity index is 1.79. The third kappa shape index (κ3) is 2.48. The second kappa shape index (κ2) is 6.11. The number of carbonyl (C=O) groups is 1. The van der Waals surface area contributed by atoms with Gasteiger partial charge in [-0.05, 0) is 34.9 Å². The lowest BCUT2D eigenvalue weighted by Gasteiger charge is -2.34. The van der Waals surface area contributed by atoms with Crippen molar-refractivity contribution in [2.75, 3.05) is 11.6 Å². The summed E-state index contributed by atoms with van der Waals surface area (Å²) in [6, 6.07) is 17.8. The number of aliphatic hydroxyl groups excluding tert-OH is 1. The number of amides is 1. The van der Waals surface area contributed by atoms with Gasteiger partial charge in [0, 0.05) is 11.9 Å². The number of para-hydroxylation sites is 1. The maximum absolute atomic E-state index is 12.5. The molecule has 0 aliphatic carbocycles. The Labute approximate surface area is 140 Å². The van der Waals surface area contributed by atoms with Gasteiger partial charge in [-0.1, -0.05) is 36.4 Å². The van der Waals surface area contributed by atoms with Gasteiger partial charge in [0.25, 0.3) is 0 Å². The maximum atomic E-state index is 12.5. The molecular formula is C19H19N3O2. The van der Waals surface area contributed by atoms with Gasteiger partial charge in [0.1, 0.15) is 6.17 Å². The van der Waals surface area contributed by atoms with Crippen LogP contribution in [-0.4, -0.2) is 23.8 Å². The smallest absolute Gasteiger partial charge is 0.232 e. The van der Waals surface area contributed by atoms with Gasteiger partial charge in [-0.3, -0.25) is 10.1 Å². The molecule has 2 atom stereocenters. The van der Waals surface area contributed by atoms with Crippen LogP contribution in [0.2, 0.25) is 0 Å². The fraction of sp³-hybridized carbons (Fsp3) is 0.211. The molecule has 3 N–H and O–H groups in total. The normalized spacial score (nSPS) is 22.8. The van der Waals surface area contributed by atoms with Gasteiger partial charge in [0.05, 0.1) is 19.2 Å². The van der Waals surface area contributed by atoms with Crippen molar-refractivity contribution in [1.82, 2.24) is 10.6 Å². The fourth-order valence-corrected chi connectivity index (χ4v) is 3.43. The van der Waals surface area contributed by atoms with Crippen LogP contribution in [0.3, 0.4) is 0 Å². The highest BCUT2D eigenvalue weighted by Crippen LogP contribution is 2.38. The van der Waals surface area contributed by atoms with Crippen LogP contribution >= 0.6 is 0 Å². The Morgan fingerprint density at radius 1 is 1.12 bits per heavy atom. The Hall–Kier alpha value is -2.63. The zero-order chi connectivity index (χ0) is 16.5. The molecule has 4 rings (SSSR count). The van der Waals surface area contributed by atoms with E-state index in [9.17, 15) is 9.90 Å². The summed E-state index contributed by atoms with van der Waals surface area (Å²) < 4.78 is 0. The van der Waals surface area contributed by atoms with E-state index in [1.165, 1.54) is 0 Å². The molecule has 2 aliphatic rings. The number of hydrogen-bond acceptors (Lipinski definition) is 4. The monoisotopic (exact) mass is 321 g/mol. The van der Waals surface area contributed by atoms with Crippen LogP contribution in [0.5, 0.6) is 0 Å². The molecule has 2 unspecified atom stereocenters. The first-order valence-corrected chi connectivity index (χ1v) is 8.04. The Bertz CT molecular complexity index is 788. The molecule has 0 bridgehead atoms. The summed E-state index contributed by atoms with van der Waals surface area (Å²) in [5, 5.41) is 15.7. The highest BCUT2D eigenvalue weighted by Gasteiger charge is 2.43. The molecule has 1 saturated heterocycles. The molecule has 2 heterocycles. The highest BCUT2D eigenvalue weighted by atomic mass is 16.3. The third-order valence-electron chi connectivity index (χ3n) is 4.58. The molecule has 0 radical (unpaired) electrons. The summed E-state index contributed by atoms with van der Waals surface area (Å²) >= 11 is 0. The van der Waals surface area contributed by atoms with Crippen LogP contribution in [0.1, 0.15) is 11.1 Å². The second-order valence-electron chi connectivity index (χ2n) is 6.03. The molecule has 24 heavy (non-hydrogen) atoms. The minimum Gasteiger partial charge on any atom is -0.392 e. The first-order chi connectivity index (χ1) is 11.8. The molecule has 0 spiro atoms. The van der Waals surface area contributed by atoms with E-state index in [1.807, 2.05) is 60.8 Å². The zero-order valence-electron chi connectivity index (χ0n) is 13.1. The van der Waals surface area contributed by atoms with Crippen molar-refractivity contribution >= 4 is 17.2 Å². The summed E-state index contributed by atoms with van der Waals surface area (Å²) in [4.78, 5) is 14.6. The van der Waals surface area contributed by atoms with Crippen LogP contribution in [-0.2, 0) is 11.4 Å². The van der Waals surface area contributed by atoms with E-state index in [0.29, 0.717) is 6.67 Å². The average Bonchev–Trinajstić information content (AvgIpc) is 3.04. The minimum atomic E-state index is -0.284. The summed E-state index contributed by atoms with van der Waals surface area (Å²) in [6.45, 7) is 0.448. The van der Waals surface area contributed by atoms with Crippen molar-refractivity contribution in [3.63, 3.8) is 0 Å². The predicted molar refractivity (Wildman–Crippen MR) is 92.7 cm³/mol. The Morgan fingerprint density at radius 3 is 2.75 bits per heavy atom. The van der Waals surface area contributed by atoms with E-state index in [0.717, 1.165) is 22.4 Å². The molecule has 1 amide bonds. The zero-order valence-corrected chi connectivity index (χ0v) is 13.1. The second-order valence-corrected chi connectivity index (χ2v) is 6.03. The van der Waals surface area contributed by atoms with Gasteiger partial charge in [-0.2, -0.15) is 0 Å². The number of aliphatic hydroxyl groups is 1. The molecule has 5 heteroatoms. The quantitative estimate of drug-likeness (QED) is 0.804. The van der Waals surface area contributed by atoms with Crippen molar-refractivity contribution in [1.29, 1.82) is 0 Å². The van der Waals surface area contributed by atoms with Crippen LogP contribution < -0.4 is 15.5 Å². The number of rotatable bonds is 3. The van der Waals surface area contributed by atoms with E-state index < -0.39 is 0 Å². The van der Waals surface area contributed by atoms with Crippen LogP contribution in [0.4, 0.5) is 5.69 Å². The largest absolute Gasteiger partial charge is 0.392 e. The maximum Gasteiger partial charge on any atom is 0.232 e. The van der Waals surface area contributed by atoms with Crippen molar-refractivity contribution in [3.05, 3.63) is 71.9 Å². The van der Waals surface area contributed by atoms with Gasteiger partial charge in [-0.15, -0.1) is 0 Å². The lowest BCUT2D eigenvalue weighted by atomic mass is 9.90. The molecular weight excluding hydrogens is 302 g/mol. The Kier molecular flexibility index (Phi) is 3.80. The number of hydrogen-bond donors (Lipinski definition) is 3. The van der Waals surface area contributed by atoms with Gasteiger partial charge in [-0.25, -0.2) is 0 Å². The Morgan fingerprint density at radius 2 is 1.96 bits per heavy atom. The molecule has 2 aromatic rings. The van der Waals surface area contributed by atoms with Crippen LogP contribution in [0.25, 0.3) is 5.57 Å². The van der Waals surface area contributed by atoms with E-state index >= 15 is 0 Å². The highest BCUT2D eigenvalue weighted by molar-refractivity contribution is 5.96. The van der Waals surface area contributed by atoms with Gasteiger partial charge in [0.15, 0.2) is 0 Å². The summed E-state index contributed by atoms with van der Waals surface area (Å²) in [7, 11) is 0. The van der Waals surface area contributed by atoms with Crippen molar-refractivity contribution in [2.24, 2.45) is 5.92 Å². The number of benzene rings is 2. The first-order valence-electron chi connectivity index (χ1n) is 8.04. The lowest BCUT2D eigenvalue weighted by Crippen LogP contribution is -2.58. The summed E-state index contributed by atoms with van der Waals surface area (Å²) in [5.41, 5.74) is 3.81. The SMILES string of the molecule is O=C1NCNC2C1C(c1cccc(CO)c1)=CN2c1ccccc1. The summed E-state index contributed by atoms with van der Waals surface area (Å²) in [6.07, 6.45) is 1.94. The lowest BCUT2D eigenvalue weighted by molar-refractivity contribution is -0.125. The van der Waals surface area contributed by atoms with Gasteiger partial charge < -0.3 is 15.3 Å². The van der Waals surface area contributed by atoms with Gasteiger partial charge >= 0.3 is 0 Å². The number of nitrogens with zero attached hydrogens (tertiary/aromatic N) is 1. The van der Waals surface area contributed by atoms with Gasteiger partial charge in [0.2, 0.25) is 5.91 Å². The standard InChI is InChI=1S/C19H19N3O2/c23-11-13-5-4-6-14(9-13)16-10-22(15-7-2-1-3-8-15)18-17(16)19(24)21-12-20-18/h1-10,17-18,20,23H,11-12H2,(H,21,24). The number of nitrogens with one attached hydrogen (secondary N) is 2. The number of carbonyl (C=O) groups excluding carboxylic acids is 1. The summed E-state index contributed by atoms with van der Waals surface area (Å²) in [5.74, 6) is -0.259. The molecule has 0 saturated carbocycles. The molecule has 122 valence electrons. The van der Waals surface area contributed by atoms with E-state index in [1.54, 1.807) is 0 Å². The fourth-order valence-electron chi connectivity index (χ4n) is 3.43. The van der Waals surface area contributed by atoms with Crippen LogP contribution in [0.15, 0.2) is 60.8 Å². The molecule has 2 aromatic carbocycles. The molecule has 5 nitrogen and oxygen atoms in total. The minimum absolute atomic E-state index is 0.0118. The average molecular weight is 321 g/mol. The first kappa shape index (κ1) is 14.9.